The van der Waals surface area contributed by atoms with Crippen molar-refractivity contribution in [3.63, 3.8) is 0 Å². The zero-order chi connectivity index (χ0) is 32.6. The summed E-state index contributed by atoms with van der Waals surface area (Å²) in [5.41, 5.74) is 4.52. The van der Waals surface area contributed by atoms with E-state index in [-0.39, 0.29) is 35.4 Å². The van der Waals surface area contributed by atoms with Crippen LogP contribution in [0.25, 0.3) is 5.65 Å². The molecule has 2 aliphatic rings. The van der Waals surface area contributed by atoms with Gasteiger partial charge in [0.25, 0.3) is 0 Å². The van der Waals surface area contributed by atoms with Gasteiger partial charge in [-0.2, -0.15) is 0 Å². The quantitative estimate of drug-likeness (QED) is 0.200. The minimum absolute atomic E-state index is 0.0378. The number of aromatic nitrogens is 3. The van der Waals surface area contributed by atoms with Gasteiger partial charge in [-0.1, -0.05) is 52.0 Å². The van der Waals surface area contributed by atoms with E-state index in [9.17, 15) is 9.59 Å². The second kappa shape index (κ2) is 12.7. The Hall–Kier alpha value is -4.44. The average molecular weight is 625 g/mol. The molecular formula is C36H44N6O4. The molecule has 0 radical (unpaired) electrons. The molecule has 2 aromatic heterocycles. The van der Waals surface area contributed by atoms with Crippen LogP contribution in [0.5, 0.6) is 11.5 Å². The van der Waals surface area contributed by atoms with Gasteiger partial charge in [-0.3, -0.25) is 14.1 Å². The molecule has 0 spiro atoms. The fraction of sp³-hybridized carbons (Fsp3) is 0.444. The zero-order valence-electron chi connectivity index (χ0n) is 27.6. The molecule has 1 aliphatic carbocycles. The lowest BCUT2D eigenvalue weighted by molar-refractivity contribution is 0.0985. The van der Waals surface area contributed by atoms with Gasteiger partial charge in [0.1, 0.15) is 11.9 Å². The molecule has 46 heavy (non-hydrogen) atoms. The van der Waals surface area contributed by atoms with Crippen molar-refractivity contribution >= 4 is 23.1 Å². The Morgan fingerprint density at radius 2 is 1.80 bits per heavy atom. The second-order valence-electron chi connectivity index (χ2n) is 13.4. The average Bonchev–Trinajstić information content (AvgIpc) is 3.66. The van der Waals surface area contributed by atoms with Crippen LogP contribution in [-0.2, 0) is 5.41 Å². The molecule has 0 unspecified atom stereocenters. The first kappa shape index (κ1) is 31.5. The van der Waals surface area contributed by atoms with Gasteiger partial charge in [0.05, 0.1) is 36.6 Å². The molecule has 0 bridgehead atoms. The van der Waals surface area contributed by atoms with Crippen LogP contribution in [0.1, 0.15) is 111 Å². The van der Waals surface area contributed by atoms with E-state index < -0.39 is 0 Å². The van der Waals surface area contributed by atoms with Crippen LogP contribution in [0, 0.1) is 0 Å². The summed E-state index contributed by atoms with van der Waals surface area (Å²) in [5, 5.41) is 15.1. The summed E-state index contributed by atoms with van der Waals surface area (Å²) < 4.78 is 14.3. The predicted octanol–water partition coefficient (Wildman–Crippen LogP) is 7.17. The number of anilines is 1. The summed E-state index contributed by atoms with van der Waals surface area (Å²) in [5.74, 6) is 2.03. The number of urea groups is 1. The summed E-state index contributed by atoms with van der Waals surface area (Å²) in [6.07, 6.45) is 5.79. The summed E-state index contributed by atoms with van der Waals surface area (Å²) in [4.78, 5) is 28.7. The SMILES string of the molecule is CCC(=O)c1cc(C(C)(C)C)cc(NC(=O)N[C@H]2CC[C@@H](Oc3ccc4nnc([C@@H]5CCCN5C)n4c3)c3ccccc32)c1OC. The summed E-state index contributed by atoms with van der Waals surface area (Å²) in [6.45, 7) is 9.11. The van der Waals surface area contributed by atoms with E-state index >= 15 is 0 Å². The number of amides is 2. The molecule has 1 aliphatic heterocycles. The molecular weight excluding hydrogens is 580 g/mol. The summed E-state index contributed by atoms with van der Waals surface area (Å²) >= 11 is 0. The smallest absolute Gasteiger partial charge is 0.319 e. The highest BCUT2D eigenvalue weighted by Gasteiger charge is 2.31. The van der Waals surface area contributed by atoms with Gasteiger partial charge in [-0.15, -0.1) is 10.2 Å². The van der Waals surface area contributed by atoms with Crippen molar-refractivity contribution in [2.24, 2.45) is 0 Å². The van der Waals surface area contributed by atoms with Crippen molar-refractivity contribution < 1.29 is 19.1 Å². The maximum atomic E-state index is 13.5. The third-order valence-electron chi connectivity index (χ3n) is 9.27. The number of hydrogen-bond donors (Lipinski definition) is 2. The Bertz CT molecular complexity index is 1760. The van der Waals surface area contributed by atoms with Crippen molar-refractivity contribution in [3.05, 3.63) is 82.8 Å². The number of carbonyl (C=O) groups is 2. The molecule has 3 heterocycles. The number of ether oxygens (including phenoxy) is 2. The highest BCUT2D eigenvalue weighted by Crippen LogP contribution is 2.40. The number of nitrogens with one attached hydrogen (secondary N) is 2. The number of nitrogens with zero attached hydrogens (tertiary/aromatic N) is 4. The molecule has 2 amide bonds. The zero-order valence-corrected chi connectivity index (χ0v) is 27.6. The topological polar surface area (TPSA) is 110 Å². The molecule has 2 aromatic carbocycles. The van der Waals surface area contributed by atoms with E-state index in [1.807, 2.05) is 60.0 Å². The van der Waals surface area contributed by atoms with Crippen LogP contribution in [0.15, 0.2) is 54.7 Å². The summed E-state index contributed by atoms with van der Waals surface area (Å²) in [6, 6.07) is 15.4. The molecule has 6 rings (SSSR count). The Balaban J connectivity index is 1.21. The van der Waals surface area contributed by atoms with Crippen molar-refractivity contribution in [2.45, 2.75) is 83.4 Å². The first-order valence-electron chi connectivity index (χ1n) is 16.2. The normalized spacial score (nSPS) is 19.9. The van der Waals surface area contributed by atoms with Crippen LogP contribution < -0.4 is 20.1 Å². The minimum Gasteiger partial charge on any atom is -0.494 e. The molecule has 1 fully saturated rings. The largest absolute Gasteiger partial charge is 0.494 e. The van der Waals surface area contributed by atoms with Gasteiger partial charge in [0, 0.05) is 6.42 Å². The number of pyridine rings is 1. The molecule has 0 saturated carbocycles. The number of methoxy groups -OCH3 is 1. The van der Waals surface area contributed by atoms with E-state index in [0.29, 0.717) is 29.8 Å². The third-order valence-corrected chi connectivity index (χ3v) is 9.27. The Morgan fingerprint density at radius 3 is 2.50 bits per heavy atom. The number of ketones is 1. The number of hydrogen-bond acceptors (Lipinski definition) is 7. The standard InChI is InChI=1S/C36H44N6O4/c1-7-30(43)26-19-22(36(2,3)4)20-28(33(26)45-6)38-35(44)37-27-15-16-31(25-12-9-8-11-24(25)27)46-23-14-17-32-39-40-34(42(32)21-23)29-13-10-18-41(29)5/h8-9,11-12,14,17,19-21,27,29,31H,7,10,13,15-16,18H2,1-6H3,(H2,37,38,44)/t27-,29-,31+/m0/s1. The lowest BCUT2D eigenvalue weighted by Gasteiger charge is -2.32. The molecule has 4 aromatic rings. The van der Waals surface area contributed by atoms with Crippen molar-refractivity contribution in [3.8, 4) is 11.5 Å². The van der Waals surface area contributed by atoms with E-state index in [1.54, 1.807) is 0 Å². The van der Waals surface area contributed by atoms with Crippen molar-refractivity contribution in [1.82, 2.24) is 24.8 Å². The van der Waals surface area contributed by atoms with Crippen LogP contribution in [-0.4, -0.2) is 52.0 Å². The highest BCUT2D eigenvalue weighted by atomic mass is 16.5. The Kier molecular flexibility index (Phi) is 8.74. The molecule has 10 nitrogen and oxygen atoms in total. The van der Waals surface area contributed by atoms with E-state index in [2.05, 4.69) is 59.6 Å². The number of Topliss-reactive ketones (excluding diaryl/α,β-unsaturated/α-hetero) is 1. The van der Waals surface area contributed by atoms with Crippen LogP contribution in [0.3, 0.4) is 0 Å². The molecule has 242 valence electrons. The fourth-order valence-corrected chi connectivity index (χ4v) is 6.70. The Labute approximate surface area is 270 Å². The lowest BCUT2D eigenvalue weighted by atomic mass is 9.84. The number of likely N-dealkylation sites (tertiary alicyclic amines) is 1. The first-order valence-corrected chi connectivity index (χ1v) is 16.2. The maximum absolute atomic E-state index is 13.5. The Morgan fingerprint density at radius 1 is 1.02 bits per heavy atom. The monoisotopic (exact) mass is 624 g/mol. The van der Waals surface area contributed by atoms with Crippen LogP contribution >= 0.6 is 0 Å². The number of fused-ring (bicyclic) bond motifs is 2. The third kappa shape index (κ3) is 6.18. The molecule has 1 saturated heterocycles. The number of rotatable bonds is 8. The highest BCUT2D eigenvalue weighted by molar-refractivity contribution is 6.02. The maximum Gasteiger partial charge on any atom is 0.319 e. The molecule has 3 atom stereocenters. The lowest BCUT2D eigenvalue weighted by Crippen LogP contribution is -2.35. The molecule has 10 heteroatoms. The van der Waals surface area contributed by atoms with Crippen molar-refractivity contribution in [1.29, 1.82) is 0 Å². The van der Waals surface area contributed by atoms with Crippen LogP contribution in [0.2, 0.25) is 0 Å². The van der Waals surface area contributed by atoms with Gasteiger partial charge in [-0.05, 0) is 85.6 Å². The fourth-order valence-electron chi connectivity index (χ4n) is 6.70. The first-order chi connectivity index (χ1) is 22.1. The van der Waals surface area contributed by atoms with Gasteiger partial charge in [0.15, 0.2) is 23.0 Å². The van der Waals surface area contributed by atoms with E-state index in [1.165, 1.54) is 7.11 Å². The van der Waals surface area contributed by atoms with Gasteiger partial charge >= 0.3 is 6.03 Å². The van der Waals surface area contributed by atoms with E-state index in [4.69, 9.17) is 9.47 Å². The van der Waals surface area contributed by atoms with E-state index in [0.717, 1.165) is 59.7 Å². The van der Waals surface area contributed by atoms with Crippen LogP contribution in [0.4, 0.5) is 10.5 Å². The van der Waals surface area contributed by atoms with Gasteiger partial charge in [-0.25, -0.2) is 4.79 Å². The molecule has 2 N–H and O–H groups in total. The number of carbonyl (C=O) groups excluding carboxylic acids is 2. The second-order valence-corrected chi connectivity index (χ2v) is 13.4. The van der Waals surface area contributed by atoms with Crippen molar-refractivity contribution in [2.75, 3.05) is 26.0 Å². The van der Waals surface area contributed by atoms with Gasteiger partial charge in [0.2, 0.25) is 0 Å². The van der Waals surface area contributed by atoms with Gasteiger partial charge < -0.3 is 20.1 Å². The number of benzene rings is 2. The predicted molar refractivity (Wildman–Crippen MR) is 178 cm³/mol. The minimum atomic E-state index is -0.360. The summed E-state index contributed by atoms with van der Waals surface area (Å²) in [7, 11) is 3.65.